The number of amides is 1. The molecule has 0 aliphatic carbocycles. The number of non-ortho nitro benzene ring substituents is 1. The third-order valence-corrected chi connectivity index (χ3v) is 7.14. The molecule has 0 radical (unpaired) electrons. The van der Waals surface area contributed by atoms with Crippen molar-refractivity contribution in [3.63, 3.8) is 0 Å². The summed E-state index contributed by atoms with van der Waals surface area (Å²) in [5, 5.41) is 15.2. The zero-order valence-electron chi connectivity index (χ0n) is 19.6. The van der Waals surface area contributed by atoms with Crippen molar-refractivity contribution >= 4 is 44.6 Å². The maximum atomic E-state index is 13.6. The first-order valence-corrected chi connectivity index (χ1v) is 12.4. The third kappa shape index (κ3) is 6.18. The Balaban J connectivity index is 1.94. The van der Waals surface area contributed by atoms with Gasteiger partial charge in [0.15, 0.2) is 0 Å². The molecule has 3 rings (SSSR count). The Bertz CT molecular complexity index is 1420. The fourth-order valence-corrected chi connectivity index (χ4v) is 4.81. The minimum absolute atomic E-state index is 0.0285. The second-order valence-electron chi connectivity index (χ2n) is 7.68. The number of anilines is 1. The molecule has 0 spiro atoms. The normalized spacial score (nSPS) is 11.6. The topological polar surface area (TPSA) is 131 Å². The molecule has 188 valence electrons. The van der Waals surface area contributed by atoms with Crippen molar-refractivity contribution < 1.29 is 22.9 Å². The second kappa shape index (κ2) is 11.2. The molecule has 10 nitrogen and oxygen atoms in total. The molecular formula is C24H23ClN4O6S. The van der Waals surface area contributed by atoms with E-state index in [-0.39, 0.29) is 27.0 Å². The number of nitrogens with zero attached hydrogens (tertiary/aromatic N) is 3. The zero-order valence-corrected chi connectivity index (χ0v) is 21.2. The van der Waals surface area contributed by atoms with Gasteiger partial charge >= 0.3 is 0 Å². The average Bonchev–Trinajstić information content (AvgIpc) is 2.86. The molecule has 0 saturated heterocycles. The largest absolute Gasteiger partial charge is 0.495 e. The number of nitrogens with one attached hydrogen (secondary N) is 1. The molecule has 0 aliphatic rings. The number of hydrogen-bond donors (Lipinski definition) is 1. The number of ether oxygens (including phenoxy) is 1. The fraction of sp³-hybridized carbons (Fsp3) is 0.167. The molecule has 0 heterocycles. The summed E-state index contributed by atoms with van der Waals surface area (Å²) in [6.07, 6.45) is 0. The van der Waals surface area contributed by atoms with Crippen LogP contribution in [0.5, 0.6) is 5.75 Å². The molecule has 12 heteroatoms. The van der Waals surface area contributed by atoms with Gasteiger partial charge < -0.3 is 4.74 Å². The van der Waals surface area contributed by atoms with E-state index < -0.39 is 27.4 Å². The number of hydrogen-bond acceptors (Lipinski definition) is 7. The van der Waals surface area contributed by atoms with Crippen molar-refractivity contribution in [1.29, 1.82) is 0 Å². The Labute approximate surface area is 213 Å². The van der Waals surface area contributed by atoms with Gasteiger partial charge in [-0.3, -0.25) is 19.2 Å². The van der Waals surface area contributed by atoms with Crippen LogP contribution in [-0.4, -0.2) is 38.6 Å². The van der Waals surface area contributed by atoms with E-state index in [9.17, 15) is 23.3 Å². The van der Waals surface area contributed by atoms with Crippen LogP contribution < -0.4 is 14.5 Å². The monoisotopic (exact) mass is 530 g/mol. The smallest absolute Gasteiger partial charge is 0.270 e. The average molecular weight is 531 g/mol. The molecule has 0 bridgehead atoms. The van der Waals surface area contributed by atoms with Crippen molar-refractivity contribution in [2.45, 2.75) is 18.7 Å². The highest BCUT2D eigenvalue weighted by molar-refractivity contribution is 7.92. The zero-order chi connectivity index (χ0) is 26.5. The summed E-state index contributed by atoms with van der Waals surface area (Å²) in [7, 11) is -2.84. The Hall–Kier alpha value is -3.96. The highest BCUT2D eigenvalue weighted by atomic mass is 35.5. The Kier molecular flexibility index (Phi) is 8.28. The summed E-state index contributed by atoms with van der Waals surface area (Å²) >= 11 is 6.13. The van der Waals surface area contributed by atoms with Crippen LogP contribution in [0.4, 0.5) is 11.4 Å². The van der Waals surface area contributed by atoms with E-state index in [2.05, 4.69) is 10.5 Å². The lowest BCUT2D eigenvalue weighted by Crippen LogP contribution is -2.40. The van der Waals surface area contributed by atoms with E-state index >= 15 is 0 Å². The minimum atomic E-state index is -4.21. The van der Waals surface area contributed by atoms with E-state index in [0.717, 1.165) is 9.87 Å². The number of aryl methyl sites for hydroxylation is 1. The molecule has 3 aromatic rings. The maximum absolute atomic E-state index is 13.6. The number of benzene rings is 3. The van der Waals surface area contributed by atoms with Crippen LogP contribution in [0.15, 0.2) is 76.7 Å². The lowest BCUT2D eigenvalue weighted by Gasteiger charge is -2.25. The minimum Gasteiger partial charge on any atom is -0.495 e. The number of rotatable bonds is 9. The van der Waals surface area contributed by atoms with E-state index in [1.165, 1.54) is 55.6 Å². The van der Waals surface area contributed by atoms with Gasteiger partial charge in [0.2, 0.25) is 0 Å². The number of sulfonamides is 1. The standard InChI is InChI=1S/C24H23ClN4O6S/c1-16-7-10-21(11-8-16)36(33,34)28(22-14-19(25)9-12-23(22)35-3)15-24(30)27-26-17(2)18-5-4-6-20(13-18)29(31)32/h4-14H,15H2,1-3H3,(H,27,30)/b26-17-. The van der Waals surface area contributed by atoms with Crippen molar-refractivity contribution in [1.82, 2.24) is 5.43 Å². The van der Waals surface area contributed by atoms with E-state index in [0.29, 0.717) is 11.3 Å². The van der Waals surface area contributed by atoms with E-state index in [1.807, 2.05) is 6.92 Å². The summed E-state index contributed by atoms with van der Waals surface area (Å²) in [5.74, 6) is -0.559. The Morgan fingerprint density at radius 3 is 2.47 bits per heavy atom. The van der Waals surface area contributed by atoms with Crippen LogP contribution in [0.25, 0.3) is 0 Å². The van der Waals surface area contributed by atoms with Crippen LogP contribution in [-0.2, 0) is 14.8 Å². The molecule has 0 atom stereocenters. The molecule has 0 aromatic heterocycles. The third-order valence-electron chi connectivity index (χ3n) is 5.13. The number of hydrazone groups is 1. The molecule has 0 saturated carbocycles. The summed E-state index contributed by atoms with van der Waals surface area (Å²) in [4.78, 5) is 23.3. The van der Waals surface area contributed by atoms with E-state index in [1.54, 1.807) is 25.1 Å². The number of halogens is 1. The first-order valence-electron chi connectivity index (χ1n) is 10.5. The first kappa shape index (κ1) is 26.6. The van der Waals surface area contributed by atoms with Gasteiger partial charge in [-0.25, -0.2) is 13.8 Å². The number of methoxy groups -OCH3 is 1. The SMILES string of the molecule is COc1ccc(Cl)cc1N(CC(=O)N/N=C(/C)c1cccc([N+](=O)[O-])c1)S(=O)(=O)c1ccc(C)cc1. The van der Waals surface area contributed by atoms with Crippen LogP contribution in [0.1, 0.15) is 18.1 Å². The van der Waals surface area contributed by atoms with Gasteiger partial charge in [-0.15, -0.1) is 0 Å². The summed E-state index contributed by atoms with van der Waals surface area (Å²) in [6.45, 7) is 2.74. The number of carbonyl (C=O) groups is 1. The Morgan fingerprint density at radius 2 is 1.83 bits per heavy atom. The highest BCUT2D eigenvalue weighted by Gasteiger charge is 2.29. The Morgan fingerprint density at radius 1 is 1.14 bits per heavy atom. The predicted octanol–water partition coefficient (Wildman–Crippen LogP) is 4.30. The van der Waals surface area contributed by atoms with Crippen LogP contribution in [0.2, 0.25) is 5.02 Å². The molecule has 1 amide bonds. The van der Waals surface area contributed by atoms with Gasteiger partial charge in [-0.1, -0.05) is 41.4 Å². The lowest BCUT2D eigenvalue weighted by molar-refractivity contribution is -0.384. The molecule has 36 heavy (non-hydrogen) atoms. The highest BCUT2D eigenvalue weighted by Crippen LogP contribution is 2.34. The lowest BCUT2D eigenvalue weighted by atomic mass is 10.1. The van der Waals surface area contributed by atoms with Gasteiger partial charge in [-0.05, 0) is 44.2 Å². The quantitative estimate of drug-likeness (QED) is 0.249. The number of nitro groups is 1. The van der Waals surface area contributed by atoms with Crippen molar-refractivity contribution in [3.05, 3.63) is 93.0 Å². The van der Waals surface area contributed by atoms with Gasteiger partial charge in [0.25, 0.3) is 21.6 Å². The van der Waals surface area contributed by atoms with Gasteiger partial charge in [-0.2, -0.15) is 5.10 Å². The van der Waals surface area contributed by atoms with Crippen LogP contribution >= 0.6 is 11.6 Å². The maximum Gasteiger partial charge on any atom is 0.270 e. The van der Waals surface area contributed by atoms with Crippen molar-refractivity contribution in [3.8, 4) is 5.75 Å². The molecule has 0 fully saturated rings. The molecule has 3 aromatic carbocycles. The van der Waals surface area contributed by atoms with Gasteiger partial charge in [0, 0.05) is 22.7 Å². The predicted molar refractivity (Wildman–Crippen MR) is 137 cm³/mol. The summed E-state index contributed by atoms with van der Waals surface area (Å²) < 4.78 is 33.3. The fourth-order valence-electron chi connectivity index (χ4n) is 3.22. The van der Waals surface area contributed by atoms with E-state index in [4.69, 9.17) is 16.3 Å². The second-order valence-corrected chi connectivity index (χ2v) is 9.98. The van der Waals surface area contributed by atoms with Crippen molar-refractivity contribution in [2.75, 3.05) is 18.0 Å². The molecule has 0 unspecified atom stereocenters. The molecule has 0 aliphatic heterocycles. The molecular weight excluding hydrogens is 508 g/mol. The number of carbonyl (C=O) groups excluding carboxylic acids is 1. The summed E-state index contributed by atoms with van der Waals surface area (Å²) in [5.41, 5.74) is 3.83. The van der Waals surface area contributed by atoms with Crippen molar-refractivity contribution in [2.24, 2.45) is 5.10 Å². The molecule has 1 N–H and O–H groups in total. The van der Waals surface area contributed by atoms with Crippen LogP contribution in [0.3, 0.4) is 0 Å². The van der Waals surface area contributed by atoms with Gasteiger partial charge in [0.1, 0.15) is 12.3 Å². The first-order chi connectivity index (χ1) is 17.0. The van der Waals surface area contributed by atoms with Crippen LogP contribution in [0, 0.1) is 17.0 Å². The van der Waals surface area contributed by atoms with Gasteiger partial charge in [0.05, 0.1) is 28.3 Å². The number of nitro benzene ring substituents is 1. The summed E-state index contributed by atoms with van der Waals surface area (Å²) in [6, 6.07) is 16.3.